The summed E-state index contributed by atoms with van der Waals surface area (Å²) in [6, 6.07) is 29.8. The number of hydrogen-bond acceptors (Lipinski definition) is 5. The zero-order chi connectivity index (χ0) is 21.3. The van der Waals surface area contributed by atoms with Crippen molar-refractivity contribution in [1.29, 1.82) is 0 Å². The first-order valence-electron chi connectivity index (χ1n) is 10.6. The van der Waals surface area contributed by atoms with Crippen LogP contribution in [-0.4, -0.2) is 36.3 Å². The minimum absolute atomic E-state index is 0.302. The Kier molecular flexibility index (Phi) is 7.82. The zero-order valence-electron chi connectivity index (χ0n) is 17.4. The Labute approximate surface area is 183 Å². The predicted molar refractivity (Wildman–Crippen MR) is 117 cm³/mol. The van der Waals surface area contributed by atoms with Gasteiger partial charge in [0.05, 0.1) is 26.4 Å². The van der Waals surface area contributed by atoms with E-state index in [1.807, 2.05) is 91.0 Å². The highest BCUT2D eigenvalue weighted by Crippen LogP contribution is 2.28. The molecule has 0 radical (unpaired) electrons. The van der Waals surface area contributed by atoms with E-state index in [9.17, 15) is 5.11 Å². The fourth-order valence-electron chi connectivity index (χ4n) is 3.62. The Morgan fingerprint density at radius 2 is 1.06 bits per heavy atom. The van der Waals surface area contributed by atoms with Crippen molar-refractivity contribution in [3.63, 3.8) is 0 Å². The molecule has 162 valence electrons. The van der Waals surface area contributed by atoms with Crippen molar-refractivity contribution in [2.45, 2.75) is 44.4 Å². The number of aliphatic hydroxyl groups is 1. The molecule has 0 bridgehead atoms. The van der Waals surface area contributed by atoms with Crippen LogP contribution in [0.5, 0.6) is 0 Å². The normalized spacial score (nSPS) is 23.1. The summed E-state index contributed by atoms with van der Waals surface area (Å²) in [5, 5.41) is 10.5. The van der Waals surface area contributed by atoms with Gasteiger partial charge in [-0.05, 0) is 16.7 Å². The maximum absolute atomic E-state index is 10.5. The van der Waals surface area contributed by atoms with Crippen LogP contribution in [0.3, 0.4) is 0 Å². The average Bonchev–Trinajstić information content (AvgIpc) is 3.12. The highest BCUT2D eigenvalue weighted by atomic mass is 16.7. The first-order valence-corrected chi connectivity index (χ1v) is 10.6. The van der Waals surface area contributed by atoms with Crippen LogP contribution in [0.4, 0.5) is 0 Å². The van der Waals surface area contributed by atoms with E-state index < -0.39 is 24.6 Å². The Morgan fingerprint density at radius 3 is 1.58 bits per heavy atom. The molecule has 1 heterocycles. The van der Waals surface area contributed by atoms with E-state index in [-0.39, 0.29) is 0 Å². The largest absolute Gasteiger partial charge is 0.374 e. The molecule has 1 aliphatic heterocycles. The van der Waals surface area contributed by atoms with Gasteiger partial charge >= 0.3 is 0 Å². The number of ether oxygens (including phenoxy) is 4. The summed E-state index contributed by atoms with van der Waals surface area (Å²) in [4.78, 5) is 0. The molecule has 2 unspecified atom stereocenters. The van der Waals surface area contributed by atoms with Gasteiger partial charge in [0.1, 0.15) is 18.3 Å². The lowest BCUT2D eigenvalue weighted by molar-refractivity contribution is -0.153. The van der Waals surface area contributed by atoms with Crippen LogP contribution < -0.4 is 0 Å². The third-order valence-electron chi connectivity index (χ3n) is 5.25. The molecular formula is C26H28O5. The molecule has 0 saturated carbocycles. The smallest absolute Gasteiger partial charge is 0.184 e. The molecule has 0 spiro atoms. The lowest BCUT2D eigenvalue weighted by atomic mass is 10.1. The highest BCUT2D eigenvalue weighted by Gasteiger charge is 2.45. The monoisotopic (exact) mass is 420 g/mol. The Balaban J connectivity index is 1.39. The molecule has 3 aromatic rings. The van der Waals surface area contributed by atoms with Gasteiger partial charge in [-0.2, -0.15) is 0 Å². The minimum atomic E-state index is -1.07. The molecule has 5 nitrogen and oxygen atoms in total. The lowest BCUT2D eigenvalue weighted by Crippen LogP contribution is -2.39. The molecule has 3 aromatic carbocycles. The van der Waals surface area contributed by atoms with Gasteiger partial charge in [0, 0.05) is 0 Å². The van der Waals surface area contributed by atoms with Crippen molar-refractivity contribution in [3.8, 4) is 0 Å². The van der Waals surface area contributed by atoms with E-state index in [4.69, 9.17) is 18.9 Å². The van der Waals surface area contributed by atoms with Gasteiger partial charge in [0.2, 0.25) is 0 Å². The van der Waals surface area contributed by atoms with E-state index in [1.165, 1.54) is 0 Å². The fourth-order valence-corrected chi connectivity index (χ4v) is 3.62. The Morgan fingerprint density at radius 1 is 0.613 bits per heavy atom. The molecule has 4 rings (SSSR count). The van der Waals surface area contributed by atoms with Crippen molar-refractivity contribution in [2.75, 3.05) is 6.61 Å². The minimum Gasteiger partial charge on any atom is -0.374 e. The van der Waals surface area contributed by atoms with Crippen molar-refractivity contribution < 1.29 is 24.1 Å². The van der Waals surface area contributed by atoms with E-state index in [0.29, 0.717) is 26.4 Å². The van der Waals surface area contributed by atoms with Crippen LogP contribution in [-0.2, 0) is 38.8 Å². The van der Waals surface area contributed by atoms with Crippen molar-refractivity contribution in [3.05, 3.63) is 108 Å². The Bertz CT molecular complexity index is 887. The summed E-state index contributed by atoms with van der Waals surface area (Å²) < 4.78 is 23.9. The first-order chi connectivity index (χ1) is 15.3. The van der Waals surface area contributed by atoms with Gasteiger partial charge in [0.25, 0.3) is 0 Å². The van der Waals surface area contributed by atoms with Gasteiger partial charge in [0.15, 0.2) is 6.29 Å². The second-order valence-corrected chi connectivity index (χ2v) is 7.59. The molecule has 1 saturated heterocycles. The summed E-state index contributed by atoms with van der Waals surface area (Å²) in [6.45, 7) is 1.55. The second kappa shape index (κ2) is 11.2. The zero-order valence-corrected chi connectivity index (χ0v) is 17.4. The molecule has 4 atom stereocenters. The molecule has 0 aliphatic carbocycles. The third kappa shape index (κ3) is 6.23. The van der Waals surface area contributed by atoms with Gasteiger partial charge in [-0.1, -0.05) is 91.0 Å². The van der Waals surface area contributed by atoms with E-state index in [1.54, 1.807) is 0 Å². The predicted octanol–water partition coefficient (Wildman–Crippen LogP) is 4.09. The fraction of sp³-hybridized carbons (Fsp3) is 0.308. The number of rotatable bonds is 10. The molecule has 0 aromatic heterocycles. The van der Waals surface area contributed by atoms with E-state index in [2.05, 4.69) is 0 Å². The molecule has 0 amide bonds. The molecule has 5 heteroatoms. The third-order valence-corrected chi connectivity index (χ3v) is 5.25. The number of benzene rings is 3. The van der Waals surface area contributed by atoms with Gasteiger partial charge in [-0.15, -0.1) is 0 Å². The topological polar surface area (TPSA) is 57.2 Å². The Hall–Kier alpha value is -2.54. The SMILES string of the molecule is OC1O[C@H](COCc2ccccc2)C(OCc2ccccc2)[C@@H]1OCc1ccccc1. The van der Waals surface area contributed by atoms with Crippen molar-refractivity contribution in [2.24, 2.45) is 0 Å². The molecule has 1 N–H and O–H groups in total. The van der Waals surface area contributed by atoms with Crippen molar-refractivity contribution in [1.82, 2.24) is 0 Å². The molecule has 1 fully saturated rings. The van der Waals surface area contributed by atoms with E-state index >= 15 is 0 Å². The molecule has 1 aliphatic rings. The van der Waals surface area contributed by atoms with Crippen LogP contribution in [0.1, 0.15) is 16.7 Å². The van der Waals surface area contributed by atoms with Crippen LogP contribution >= 0.6 is 0 Å². The summed E-state index contributed by atoms with van der Waals surface area (Å²) in [7, 11) is 0. The molecule has 31 heavy (non-hydrogen) atoms. The van der Waals surface area contributed by atoms with Crippen LogP contribution in [0.15, 0.2) is 91.0 Å². The van der Waals surface area contributed by atoms with Crippen molar-refractivity contribution >= 4 is 0 Å². The maximum atomic E-state index is 10.5. The van der Waals surface area contributed by atoms with Crippen LogP contribution in [0.2, 0.25) is 0 Å². The number of aliphatic hydroxyl groups excluding tert-OH is 1. The lowest BCUT2D eigenvalue weighted by Gasteiger charge is -2.24. The highest BCUT2D eigenvalue weighted by molar-refractivity contribution is 5.15. The second-order valence-electron chi connectivity index (χ2n) is 7.59. The maximum Gasteiger partial charge on any atom is 0.184 e. The van der Waals surface area contributed by atoms with E-state index in [0.717, 1.165) is 16.7 Å². The summed E-state index contributed by atoms with van der Waals surface area (Å²) in [5.41, 5.74) is 3.16. The van der Waals surface area contributed by atoms with Gasteiger partial charge in [-0.25, -0.2) is 0 Å². The summed E-state index contributed by atoms with van der Waals surface area (Å²) in [5.74, 6) is 0. The summed E-state index contributed by atoms with van der Waals surface area (Å²) in [6.07, 6.45) is -2.55. The van der Waals surface area contributed by atoms with Gasteiger partial charge < -0.3 is 24.1 Å². The standard InChI is InChI=1S/C26H28O5/c27-26-25(30-18-22-14-8-3-9-15-22)24(29-17-21-12-6-2-7-13-21)23(31-26)19-28-16-20-10-4-1-5-11-20/h1-15,23-27H,16-19H2/t23-,24?,25+,26?/m1/s1. The summed E-state index contributed by atoms with van der Waals surface area (Å²) >= 11 is 0. The molecular weight excluding hydrogens is 392 g/mol. The average molecular weight is 421 g/mol. The van der Waals surface area contributed by atoms with Crippen LogP contribution in [0, 0.1) is 0 Å². The number of hydrogen-bond donors (Lipinski definition) is 1. The first kappa shape index (κ1) is 21.7. The van der Waals surface area contributed by atoms with Crippen LogP contribution in [0.25, 0.3) is 0 Å². The van der Waals surface area contributed by atoms with Gasteiger partial charge in [-0.3, -0.25) is 0 Å². The quantitative estimate of drug-likeness (QED) is 0.535.